The largest absolute Gasteiger partial charge is 0.338 e. The lowest BCUT2D eigenvalue weighted by atomic mass is 10.1. The van der Waals surface area contributed by atoms with Crippen molar-refractivity contribution in [3.8, 4) is 0 Å². The summed E-state index contributed by atoms with van der Waals surface area (Å²) >= 11 is 0. The maximum Gasteiger partial charge on any atom is 0.298 e. The zero-order valence-electron chi connectivity index (χ0n) is 11.1. The van der Waals surface area contributed by atoms with Crippen molar-refractivity contribution in [2.45, 2.75) is 32.1 Å². The molecular formula is C12H15N5O2. The van der Waals surface area contributed by atoms with E-state index in [1.807, 2.05) is 20.0 Å². The summed E-state index contributed by atoms with van der Waals surface area (Å²) in [6, 6.07) is 0. The van der Waals surface area contributed by atoms with Crippen LogP contribution in [-0.2, 0) is 12.5 Å². The molecule has 1 N–H and O–H groups in total. The highest BCUT2D eigenvalue weighted by molar-refractivity contribution is 6.01. The predicted molar refractivity (Wildman–Crippen MR) is 66.8 cm³/mol. The van der Waals surface area contributed by atoms with Crippen LogP contribution in [0.3, 0.4) is 0 Å². The van der Waals surface area contributed by atoms with Crippen molar-refractivity contribution in [1.82, 2.24) is 19.9 Å². The molecule has 1 aliphatic carbocycles. The Morgan fingerprint density at radius 1 is 1.53 bits per heavy atom. The Labute approximate surface area is 110 Å². The first-order valence-corrected chi connectivity index (χ1v) is 6.14. The number of nitrogens with one attached hydrogen (secondary N) is 1. The fourth-order valence-corrected chi connectivity index (χ4v) is 1.86. The van der Waals surface area contributed by atoms with E-state index in [0.29, 0.717) is 11.7 Å². The van der Waals surface area contributed by atoms with Gasteiger partial charge in [0, 0.05) is 24.2 Å². The van der Waals surface area contributed by atoms with Crippen LogP contribution in [0.2, 0.25) is 0 Å². The Morgan fingerprint density at radius 2 is 2.26 bits per heavy atom. The molecule has 0 bridgehead atoms. The maximum absolute atomic E-state index is 12.0. The summed E-state index contributed by atoms with van der Waals surface area (Å²) in [6.45, 7) is 3.92. The summed E-state index contributed by atoms with van der Waals surface area (Å²) in [5.41, 5.74) is 0.848. The molecule has 0 radical (unpaired) electrons. The molecule has 1 aliphatic rings. The van der Waals surface area contributed by atoms with Gasteiger partial charge < -0.3 is 9.84 Å². The average Bonchev–Trinajstić information content (AvgIpc) is 2.80. The molecule has 7 heteroatoms. The maximum atomic E-state index is 12.0. The molecule has 0 aliphatic heterocycles. The van der Waals surface area contributed by atoms with Crippen LogP contribution in [0.25, 0.3) is 0 Å². The molecule has 19 heavy (non-hydrogen) atoms. The van der Waals surface area contributed by atoms with E-state index >= 15 is 0 Å². The van der Waals surface area contributed by atoms with Gasteiger partial charge in [0.1, 0.15) is 0 Å². The molecule has 0 atom stereocenters. The van der Waals surface area contributed by atoms with Crippen molar-refractivity contribution in [2.24, 2.45) is 7.05 Å². The smallest absolute Gasteiger partial charge is 0.298 e. The molecule has 3 rings (SSSR count). The molecule has 0 saturated heterocycles. The standard InChI is InChI=1S/C12H15N5O2/c1-7-6-17(3)15-8(7)13-10(18)9-14-11(19-16-9)12(2)4-5-12/h6H,4-5H2,1-3H3,(H,13,15,18). The number of hydrogen-bond donors (Lipinski definition) is 1. The summed E-state index contributed by atoms with van der Waals surface area (Å²) < 4.78 is 6.78. The Hall–Kier alpha value is -2.18. The van der Waals surface area contributed by atoms with Crippen LogP contribution >= 0.6 is 0 Å². The minimum Gasteiger partial charge on any atom is -0.338 e. The second-order valence-electron chi connectivity index (χ2n) is 5.27. The van der Waals surface area contributed by atoms with Crippen LogP contribution in [0.4, 0.5) is 5.82 Å². The van der Waals surface area contributed by atoms with Crippen molar-refractivity contribution in [1.29, 1.82) is 0 Å². The third-order valence-electron chi connectivity index (χ3n) is 3.39. The quantitative estimate of drug-likeness (QED) is 0.902. The van der Waals surface area contributed by atoms with Crippen LogP contribution in [0.1, 0.15) is 41.8 Å². The molecule has 1 fully saturated rings. The minimum absolute atomic E-state index is 0.0353. The monoisotopic (exact) mass is 261 g/mol. The molecular weight excluding hydrogens is 246 g/mol. The van der Waals surface area contributed by atoms with Gasteiger partial charge >= 0.3 is 0 Å². The number of hydrogen-bond acceptors (Lipinski definition) is 5. The van der Waals surface area contributed by atoms with Gasteiger partial charge in [0.05, 0.1) is 0 Å². The van der Waals surface area contributed by atoms with Crippen molar-refractivity contribution in [3.63, 3.8) is 0 Å². The number of anilines is 1. The lowest BCUT2D eigenvalue weighted by molar-refractivity contribution is 0.101. The van der Waals surface area contributed by atoms with Crippen LogP contribution in [0, 0.1) is 6.92 Å². The minimum atomic E-state index is -0.402. The third-order valence-corrected chi connectivity index (χ3v) is 3.39. The van der Waals surface area contributed by atoms with Gasteiger partial charge in [0.2, 0.25) is 5.89 Å². The number of aryl methyl sites for hydroxylation is 2. The van der Waals surface area contributed by atoms with Gasteiger partial charge in [-0.1, -0.05) is 12.1 Å². The van der Waals surface area contributed by atoms with Gasteiger partial charge in [-0.25, -0.2) is 0 Å². The van der Waals surface area contributed by atoms with Crippen LogP contribution < -0.4 is 5.32 Å². The second-order valence-corrected chi connectivity index (χ2v) is 5.27. The van der Waals surface area contributed by atoms with Gasteiger partial charge in [-0.15, -0.1) is 0 Å². The van der Waals surface area contributed by atoms with Crippen LogP contribution in [0.5, 0.6) is 0 Å². The predicted octanol–water partition coefficient (Wildman–Crippen LogP) is 1.42. The van der Waals surface area contributed by atoms with E-state index in [0.717, 1.165) is 18.4 Å². The Morgan fingerprint density at radius 3 is 2.84 bits per heavy atom. The molecule has 100 valence electrons. The van der Waals surface area contributed by atoms with Gasteiger partial charge in [0.15, 0.2) is 5.82 Å². The molecule has 2 aromatic rings. The molecule has 1 amide bonds. The lowest BCUT2D eigenvalue weighted by Crippen LogP contribution is -2.15. The Kier molecular flexibility index (Phi) is 2.44. The molecule has 0 spiro atoms. The highest BCUT2D eigenvalue weighted by Gasteiger charge is 2.44. The first-order valence-electron chi connectivity index (χ1n) is 6.14. The molecule has 2 aromatic heterocycles. The fourth-order valence-electron chi connectivity index (χ4n) is 1.86. The van der Waals surface area contributed by atoms with Gasteiger partial charge in [-0.3, -0.25) is 9.48 Å². The van der Waals surface area contributed by atoms with Gasteiger partial charge in [-0.2, -0.15) is 10.1 Å². The van der Waals surface area contributed by atoms with Crippen molar-refractivity contribution < 1.29 is 9.32 Å². The molecule has 7 nitrogen and oxygen atoms in total. The van der Waals surface area contributed by atoms with E-state index in [2.05, 4.69) is 20.6 Å². The van der Waals surface area contributed by atoms with E-state index in [-0.39, 0.29) is 11.2 Å². The van der Waals surface area contributed by atoms with Crippen molar-refractivity contribution >= 4 is 11.7 Å². The number of carbonyl (C=O) groups is 1. The number of carbonyl (C=O) groups excluding carboxylic acids is 1. The first-order chi connectivity index (χ1) is 8.98. The normalized spacial score (nSPS) is 16.4. The third kappa shape index (κ3) is 2.11. The van der Waals surface area contributed by atoms with Crippen LogP contribution in [0.15, 0.2) is 10.7 Å². The summed E-state index contributed by atoms with van der Waals surface area (Å²) in [5.74, 6) is 0.695. The summed E-state index contributed by atoms with van der Waals surface area (Å²) in [4.78, 5) is 16.1. The molecule has 0 unspecified atom stereocenters. The number of rotatable bonds is 3. The zero-order chi connectivity index (χ0) is 13.6. The average molecular weight is 261 g/mol. The van der Waals surface area contributed by atoms with E-state index in [4.69, 9.17) is 4.52 Å². The van der Waals surface area contributed by atoms with E-state index in [1.165, 1.54) is 0 Å². The van der Waals surface area contributed by atoms with E-state index < -0.39 is 5.91 Å². The fraction of sp³-hybridized carbons (Fsp3) is 0.500. The van der Waals surface area contributed by atoms with E-state index in [1.54, 1.807) is 11.7 Å². The Balaban J connectivity index is 1.77. The SMILES string of the molecule is Cc1cn(C)nc1NC(=O)c1noc(C2(C)CC2)n1. The topological polar surface area (TPSA) is 85.8 Å². The first kappa shape index (κ1) is 11.9. The second kappa shape index (κ2) is 3.91. The molecule has 0 aromatic carbocycles. The highest BCUT2D eigenvalue weighted by Crippen LogP contribution is 2.46. The van der Waals surface area contributed by atoms with Gasteiger partial charge in [0.25, 0.3) is 11.7 Å². The van der Waals surface area contributed by atoms with Crippen molar-refractivity contribution in [3.05, 3.63) is 23.5 Å². The number of nitrogens with zero attached hydrogens (tertiary/aromatic N) is 4. The van der Waals surface area contributed by atoms with E-state index in [9.17, 15) is 4.79 Å². The molecule has 1 saturated carbocycles. The van der Waals surface area contributed by atoms with Crippen LogP contribution in [-0.4, -0.2) is 25.8 Å². The van der Waals surface area contributed by atoms with Gasteiger partial charge in [-0.05, 0) is 19.8 Å². The van der Waals surface area contributed by atoms with Crippen molar-refractivity contribution in [2.75, 3.05) is 5.32 Å². The zero-order valence-corrected chi connectivity index (χ0v) is 11.1. The summed E-state index contributed by atoms with van der Waals surface area (Å²) in [6.07, 6.45) is 3.87. The lowest BCUT2D eigenvalue weighted by Gasteiger charge is -1.99. The Bertz CT molecular complexity index is 638. The molecule has 2 heterocycles. The summed E-state index contributed by atoms with van der Waals surface area (Å²) in [7, 11) is 1.79. The number of amides is 1. The number of aromatic nitrogens is 4. The highest BCUT2D eigenvalue weighted by atomic mass is 16.5. The summed E-state index contributed by atoms with van der Waals surface area (Å²) in [5, 5.41) is 10.5.